The number of carbonyl (C=O) groups excluding carboxylic acids is 1. The molecule has 0 aliphatic rings. The van der Waals surface area contributed by atoms with Crippen LogP contribution >= 0.6 is 0 Å². The SMILES string of the molecule is CCOC(=O)c1nn(-c2ccc(OC(F)(F)F)cc2)c2cccc(-n3cc(C(F)(F)F)cn3)c2c1=O. The molecule has 2 aromatic carbocycles. The molecule has 8 nitrogen and oxygen atoms in total. The van der Waals surface area contributed by atoms with Gasteiger partial charge in [0.15, 0.2) is 0 Å². The molecule has 0 spiro atoms. The summed E-state index contributed by atoms with van der Waals surface area (Å²) in [7, 11) is 0. The molecule has 188 valence electrons. The Morgan fingerprint density at radius 2 is 1.72 bits per heavy atom. The molecule has 0 unspecified atom stereocenters. The smallest absolute Gasteiger partial charge is 0.461 e. The van der Waals surface area contributed by atoms with E-state index in [0.717, 1.165) is 21.5 Å². The number of benzene rings is 2. The number of rotatable bonds is 5. The Hall–Kier alpha value is -4.36. The summed E-state index contributed by atoms with van der Waals surface area (Å²) in [6.45, 7) is 1.39. The lowest BCUT2D eigenvalue weighted by molar-refractivity contribution is -0.274. The summed E-state index contributed by atoms with van der Waals surface area (Å²) in [4.78, 5) is 25.7. The summed E-state index contributed by atoms with van der Waals surface area (Å²) in [5.41, 5.74) is -2.62. The first-order valence-corrected chi connectivity index (χ1v) is 10.1. The van der Waals surface area contributed by atoms with Gasteiger partial charge >= 0.3 is 18.5 Å². The molecule has 4 rings (SSSR count). The largest absolute Gasteiger partial charge is 0.573 e. The third kappa shape index (κ3) is 4.87. The maximum atomic E-state index is 13.3. The van der Waals surface area contributed by atoms with Crippen molar-refractivity contribution in [2.45, 2.75) is 19.5 Å². The first-order valence-electron chi connectivity index (χ1n) is 10.1. The van der Waals surface area contributed by atoms with E-state index in [0.29, 0.717) is 12.4 Å². The highest BCUT2D eigenvalue weighted by Gasteiger charge is 2.33. The zero-order chi connectivity index (χ0) is 26.3. The molecule has 0 bridgehead atoms. The molecular weight excluding hydrogens is 498 g/mol. The Bertz CT molecular complexity index is 1490. The van der Waals surface area contributed by atoms with Gasteiger partial charge in [0.05, 0.1) is 40.6 Å². The molecule has 0 saturated carbocycles. The summed E-state index contributed by atoms with van der Waals surface area (Å²) in [6, 6.07) is 8.49. The van der Waals surface area contributed by atoms with Crippen LogP contribution in [0.5, 0.6) is 5.75 Å². The van der Waals surface area contributed by atoms with Crippen LogP contribution in [-0.4, -0.2) is 38.5 Å². The van der Waals surface area contributed by atoms with Crippen LogP contribution in [0.3, 0.4) is 0 Å². The number of hydrogen-bond acceptors (Lipinski definition) is 6. The van der Waals surface area contributed by atoms with Crippen LogP contribution in [-0.2, 0) is 10.9 Å². The van der Waals surface area contributed by atoms with Crippen molar-refractivity contribution in [3.8, 4) is 17.1 Å². The minimum atomic E-state index is -4.92. The maximum Gasteiger partial charge on any atom is 0.573 e. The second-order valence-electron chi connectivity index (χ2n) is 7.19. The van der Waals surface area contributed by atoms with E-state index in [2.05, 4.69) is 14.9 Å². The van der Waals surface area contributed by atoms with E-state index in [9.17, 15) is 35.9 Å². The third-order valence-electron chi connectivity index (χ3n) is 4.83. The fourth-order valence-corrected chi connectivity index (χ4v) is 3.37. The van der Waals surface area contributed by atoms with Crippen molar-refractivity contribution in [1.82, 2.24) is 19.6 Å². The van der Waals surface area contributed by atoms with Gasteiger partial charge in [0.1, 0.15) is 5.75 Å². The maximum absolute atomic E-state index is 13.3. The van der Waals surface area contributed by atoms with E-state index in [1.807, 2.05) is 0 Å². The van der Waals surface area contributed by atoms with Crippen molar-refractivity contribution in [3.63, 3.8) is 0 Å². The van der Waals surface area contributed by atoms with Gasteiger partial charge < -0.3 is 9.47 Å². The highest BCUT2D eigenvalue weighted by atomic mass is 19.4. The fourth-order valence-electron chi connectivity index (χ4n) is 3.37. The van der Waals surface area contributed by atoms with Crippen molar-refractivity contribution in [2.24, 2.45) is 0 Å². The Morgan fingerprint density at radius 3 is 2.31 bits per heavy atom. The van der Waals surface area contributed by atoms with Gasteiger partial charge in [0.2, 0.25) is 11.1 Å². The van der Waals surface area contributed by atoms with Crippen LogP contribution in [0.2, 0.25) is 0 Å². The number of alkyl halides is 6. The Kier molecular flexibility index (Phi) is 6.20. The average Bonchev–Trinajstić information content (AvgIpc) is 3.30. The van der Waals surface area contributed by atoms with Crippen LogP contribution < -0.4 is 10.2 Å². The van der Waals surface area contributed by atoms with E-state index in [4.69, 9.17) is 4.74 Å². The van der Waals surface area contributed by atoms with Crippen LogP contribution in [0, 0.1) is 0 Å². The highest BCUT2D eigenvalue weighted by Crippen LogP contribution is 2.30. The number of carbonyl (C=O) groups is 1. The lowest BCUT2D eigenvalue weighted by atomic mass is 10.1. The zero-order valence-corrected chi connectivity index (χ0v) is 18.1. The molecule has 0 fully saturated rings. The Labute approximate surface area is 197 Å². The molecule has 4 aromatic rings. The van der Waals surface area contributed by atoms with Crippen LogP contribution in [0.15, 0.2) is 59.7 Å². The van der Waals surface area contributed by atoms with Crippen molar-refractivity contribution in [3.05, 3.63) is 76.3 Å². The van der Waals surface area contributed by atoms with Crippen LogP contribution in [0.25, 0.3) is 22.3 Å². The highest BCUT2D eigenvalue weighted by molar-refractivity contribution is 5.95. The van der Waals surface area contributed by atoms with Gasteiger partial charge in [-0.3, -0.25) is 4.79 Å². The van der Waals surface area contributed by atoms with Crippen LogP contribution in [0.1, 0.15) is 23.0 Å². The normalized spacial score (nSPS) is 12.1. The molecular formula is C22H14F6N4O4. The molecule has 36 heavy (non-hydrogen) atoms. The number of nitrogens with zero attached hydrogens (tertiary/aromatic N) is 4. The molecule has 0 radical (unpaired) electrons. The van der Waals surface area contributed by atoms with Crippen LogP contribution in [0.4, 0.5) is 26.3 Å². The lowest BCUT2D eigenvalue weighted by Gasteiger charge is -2.15. The van der Waals surface area contributed by atoms with Crippen molar-refractivity contribution in [2.75, 3.05) is 6.61 Å². The molecule has 2 aromatic heterocycles. The van der Waals surface area contributed by atoms with Gasteiger partial charge in [-0.25, -0.2) is 14.2 Å². The summed E-state index contributed by atoms with van der Waals surface area (Å²) in [5.74, 6) is -1.62. The van der Waals surface area contributed by atoms with Gasteiger partial charge in [0.25, 0.3) is 0 Å². The van der Waals surface area contributed by atoms with Gasteiger partial charge in [-0.15, -0.1) is 13.2 Å². The predicted octanol–water partition coefficient (Wildman–Crippen LogP) is 4.67. The number of halogens is 6. The van der Waals surface area contributed by atoms with E-state index < -0.39 is 40.9 Å². The average molecular weight is 512 g/mol. The topological polar surface area (TPSA) is 88.2 Å². The molecule has 0 amide bonds. The molecule has 2 heterocycles. The first kappa shape index (κ1) is 24.8. The third-order valence-corrected chi connectivity index (χ3v) is 4.83. The lowest BCUT2D eigenvalue weighted by Crippen LogP contribution is -2.25. The number of esters is 1. The predicted molar refractivity (Wildman–Crippen MR) is 112 cm³/mol. The second-order valence-corrected chi connectivity index (χ2v) is 7.19. The standard InChI is InChI=1S/C22H14F6N4O4/c1-2-35-20(34)18-19(33)17-15(31-11-12(10-29-31)21(23,24)25)4-3-5-16(17)32(30-18)13-6-8-14(9-7-13)36-22(26,27)28/h3-11H,2H2,1H3. The number of fused-ring (bicyclic) bond motifs is 1. The molecule has 0 aliphatic carbocycles. The minimum absolute atomic E-state index is 0.0408. The fraction of sp³-hybridized carbons (Fsp3) is 0.182. The molecule has 0 aliphatic heterocycles. The second kappa shape index (κ2) is 9.02. The molecule has 0 saturated heterocycles. The van der Waals surface area contributed by atoms with Gasteiger partial charge in [-0.05, 0) is 43.3 Å². The summed E-state index contributed by atoms with van der Waals surface area (Å²) >= 11 is 0. The number of ether oxygens (including phenoxy) is 2. The van der Waals surface area contributed by atoms with Crippen molar-refractivity contribution >= 4 is 16.9 Å². The Morgan fingerprint density at radius 1 is 1.03 bits per heavy atom. The summed E-state index contributed by atoms with van der Waals surface area (Å²) < 4.78 is 87.5. The van der Waals surface area contributed by atoms with E-state index in [1.54, 1.807) is 0 Å². The van der Waals surface area contributed by atoms with Gasteiger partial charge in [-0.2, -0.15) is 23.4 Å². The quantitative estimate of drug-likeness (QED) is 0.286. The van der Waals surface area contributed by atoms with Crippen molar-refractivity contribution in [1.29, 1.82) is 0 Å². The summed E-state index contributed by atoms with van der Waals surface area (Å²) in [5, 5.41) is 7.50. The van der Waals surface area contributed by atoms with Gasteiger partial charge in [-0.1, -0.05) is 6.07 Å². The van der Waals surface area contributed by atoms with Crippen molar-refractivity contribution < 1.29 is 40.6 Å². The van der Waals surface area contributed by atoms with E-state index in [1.165, 1.54) is 37.3 Å². The van der Waals surface area contributed by atoms with E-state index in [-0.39, 0.29) is 28.9 Å². The molecule has 0 N–H and O–H groups in total. The Balaban J connectivity index is 1.96. The number of hydrogen-bond donors (Lipinski definition) is 0. The minimum Gasteiger partial charge on any atom is -0.461 e. The molecule has 0 atom stereocenters. The monoisotopic (exact) mass is 512 g/mol. The first-order chi connectivity index (χ1) is 16.9. The van der Waals surface area contributed by atoms with Gasteiger partial charge in [0, 0.05) is 6.20 Å². The van der Waals surface area contributed by atoms with E-state index >= 15 is 0 Å². The zero-order valence-electron chi connectivity index (χ0n) is 18.1. The number of aromatic nitrogens is 4. The molecule has 14 heteroatoms. The summed E-state index contributed by atoms with van der Waals surface area (Å²) in [6.07, 6.45) is -8.37.